The van der Waals surface area contributed by atoms with Crippen LogP contribution in [-0.2, 0) is 0 Å². The molecule has 0 aliphatic rings. The summed E-state index contributed by atoms with van der Waals surface area (Å²) in [5, 5.41) is 0. The van der Waals surface area contributed by atoms with Crippen LogP contribution in [0.5, 0.6) is 0 Å². The van der Waals surface area contributed by atoms with Gasteiger partial charge in [0.05, 0.1) is 0 Å². The van der Waals surface area contributed by atoms with E-state index in [9.17, 15) is 0 Å². The summed E-state index contributed by atoms with van der Waals surface area (Å²) >= 11 is 0. The van der Waals surface area contributed by atoms with Crippen LogP contribution in [-0.4, -0.2) is 84.2 Å². The Kier molecular flexibility index (Phi) is 5220. The van der Waals surface area contributed by atoms with Gasteiger partial charge >= 0.3 is 51.4 Å². The average molecular weight is 148 g/mol. The molecule has 0 saturated heterocycles. The van der Waals surface area contributed by atoms with Crippen molar-refractivity contribution in [3.05, 3.63) is 0 Å². The summed E-state index contributed by atoms with van der Waals surface area (Å²) in [5.41, 5.74) is 0. The van der Waals surface area contributed by atoms with Gasteiger partial charge in [-0.1, -0.05) is 0 Å². The average Bonchev–Trinajstić information content (AvgIpc) is 0. The molecule has 0 aromatic heterocycles. The first kappa shape index (κ1) is 236. The van der Waals surface area contributed by atoms with E-state index in [0.717, 1.165) is 0 Å². The molecule has 0 amide bonds. The van der Waals surface area contributed by atoms with Gasteiger partial charge < -0.3 is 32.9 Å². The van der Waals surface area contributed by atoms with Gasteiger partial charge in [-0.15, -0.1) is 0 Å². The second-order valence-corrected chi connectivity index (χ2v) is 0. The zero-order valence-electron chi connectivity index (χ0n) is 3.00. The summed E-state index contributed by atoms with van der Waals surface area (Å²) in [6, 6.07) is 0. The summed E-state index contributed by atoms with van der Waals surface area (Å²) in [4.78, 5) is 0. The fourth-order valence-electron chi connectivity index (χ4n) is 0. The molecule has 0 spiro atoms. The van der Waals surface area contributed by atoms with Gasteiger partial charge in [0, 0.05) is 0 Å². The van der Waals surface area contributed by atoms with Gasteiger partial charge in [0.1, 0.15) is 0 Å². The van der Waals surface area contributed by atoms with Crippen molar-refractivity contribution in [3.63, 3.8) is 0 Å². The Labute approximate surface area is 83.2 Å². The molecule has 0 aliphatic heterocycles. The number of hydrogen-bond acceptors (Lipinski definition) is 0. The van der Waals surface area contributed by atoms with Crippen LogP contribution in [0.4, 0.5) is 0 Å². The first-order valence-corrected chi connectivity index (χ1v) is 0. The fourth-order valence-corrected chi connectivity index (χ4v) is 0. The van der Waals surface area contributed by atoms with Crippen molar-refractivity contribution in [1.82, 2.24) is 0 Å². The Morgan fingerprint density at radius 1 is 0.286 bits per heavy atom. The van der Waals surface area contributed by atoms with Gasteiger partial charge in [0.15, 0.2) is 0 Å². The molecule has 0 saturated carbocycles. The van der Waals surface area contributed by atoms with Crippen molar-refractivity contribution >= 4 is 51.4 Å². The third-order valence-electron chi connectivity index (χ3n) is 0. The van der Waals surface area contributed by atoms with Crippen LogP contribution >= 0.6 is 0 Å². The van der Waals surface area contributed by atoms with Crippen molar-refractivity contribution in [1.29, 1.82) is 0 Å². The minimum atomic E-state index is 0. The van der Waals surface area contributed by atoms with Crippen LogP contribution in [0.15, 0.2) is 0 Å². The molecule has 0 aliphatic carbocycles. The Morgan fingerprint density at radius 3 is 0.286 bits per heavy atom. The molecule has 50 valence electrons. The van der Waals surface area contributed by atoms with E-state index in [1.54, 1.807) is 0 Å². The molecule has 0 aromatic rings. The van der Waals surface area contributed by atoms with Crippen molar-refractivity contribution in [2.45, 2.75) is 0 Å². The molecule has 0 fully saturated rings. The summed E-state index contributed by atoms with van der Waals surface area (Å²) in [6.07, 6.45) is 0. The standard InChI is InChI=1S/K.6H2O.H/h;6*1H2;. The van der Waals surface area contributed by atoms with E-state index in [1.807, 2.05) is 0 Å². The summed E-state index contributed by atoms with van der Waals surface area (Å²) in [6.45, 7) is 0. The molecule has 0 radical (unpaired) electrons. The van der Waals surface area contributed by atoms with Crippen LogP contribution < -0.4 is 0 Å². The molecule has 0 bridgehead atoms. The normalized spacial score (nSPS) is 0. The topological polar surface area (TPSA) is 189 Å². The Morgan fingerprint density at radius 2 is 0.286 bits per heavy atom. The Bertz CT molecular complexity index is 4.14. The van der Waals surface area contributed by atoms with E-state index in [1.165, 1.54) is 0 Å². The molecule has 0 heterocycles. The predicted molar refractivity (Wildman–Crippen MR) is 28.8 cm³/mol. The molecule has 0 unspecified atom stereocenters. The molecular weight excluding hydrogens is 135 g/mol. The van der Waals surface area contributed by atoms with Gasteiger partial charge in [-0.25, -0.2) is 0 Å². The van der Waals surface area contributed by atoms with E-state index in [0.29, 0.717) is 0 Å². The molecule has 7 heteroatoms. The monoisotopic (exact) mass is 148 g/mol. The van der Waals surface area contributed by atoms with Crippen molar-refractivity contribution < 1.29 is 32.9 Å². The Hall–Kier alpha value is 1.40. The molecule has 12 N–H and O–H groups in total. The van der Waals surface area contributed by atoms with E-state index in [-0.39, 0.29) is 84.2 Å². The van der Waals surface area contributed by atoms with Crippen molar-refractivity contribution in [2.24, 2.45) is 0 Å². The maximum absolute atomic E-state index is 0. The molecule has 0 atom stereocenters. The molecule has 7 heavy (non-hydrogen) atoms. The van der Waals surface area contributed by atoms with E-state index in [2.05, 4.69) is 0 Å². The fraction of sp³-hybridized carbons (Fsp3) is 0. The SMILES string of the molecule is O.O.O.O.O.O.[KH]. The van der Waals surface area contributed by atoms with E-state index in [4.69, 9.17) is 0 Å². The van der Waals surface area contributed by atoms with Gasteiger partial charge in [0.25, 0.3) is 0 Å². The third-order valence-corrected chi connectivity index (χ3v) is 0. The quantitative estimate of drug-likeness (QED) is 0.296. The summed E-state index contributed by atoms with van der Waals surface area (Å²) < 4.78 is 0. The second-order valence-electron chi connectivity index (χ2n) is 0. The third kappa shape index (κ3) is 110. The summed E-state index contributed by atoms with van der Waals surface area (Å²) in [7, 11) is 0. The van der Waals surface area contributed by atoms with Crippen LogP contribution in [0.25, 0.3) is 0 Å². The van der Waals surface area contributed by atoms with E-state index < -0.39 is 0 Å². The van der Waals surface area contributed by atoms with Crippen molar-refractivity contribution in [3.8, 4) is 0 Å². The van der Waals surface area contributed by atoms with Gasteiger partial charge in [-0.05, 0) is 0 Å². The molecule has 0 rings (SSSR count). The molecule has 0 aromatic carbocycles. The number of rotatable bonds is 0. The molecule has 6 nitrogen and oxygen atoms in total. The van der Waals surface area contributed by atoms with Gasteiger partial charge in [0.2, 0.25) is 0 Å². The zero-order valence-corrected chi connectivity index (χ0v) is 3.00. The summed E-state index contributed by atoms with van der Waals surface area (Å²) in [5.74, 6) is 0. The first-order chi connectivity index (χ1) is 0. The zero-order chi connectivity index (χ0) is 0. The van der Waals surface area contributed by atoms with Gasteiger partial charge in [-0.3, -0.25) is 0 Å². The first-order valence-electron chi connectivity index (χ1n) is 0. The van der Waals surface area contributed by atoms with Crippen LogP contribution in [0, 0.1) is 0 Å². The van der Waals surface area contributed by atoms with E-state index >= 15 is 0 Å². The van der Waals surface area contributed by atoms with Gasteiger partial charge in [-0.2, -0.15) is 0 Å². The van der Waals surface area contributed by atoms with Crippen LogP contribution in [0.3, 0.4) is 0 Å². The maximum atomic E-state index is 0. The number of hydrogen-bond donors (Lipinski definition) is 0. The predicted octanol–water partition coefficient (Wildman–Crippen LogP) is -5.60. The minimum absolute atomic E-state index is 0. The molecular formula is H13KO6. The van der Waals surface area contributed by atoms with Crippen LogP contribution in [0.1, 0.15) is 0 Å². The Balaban J connectivity index is 0. The second kappa shape index (κ2) is 155. The van der Waals surface area contributed by atoms with Crippen LogP contribution in [0.2, 0.25) is 0 Å². The van der Waals surface area contributed by atoms with Crippen molar-refractivity contribution in [2.75, 3.05) is 0 Å².